The molecule has 1 aromatic heterocycles. The van der Waals surface area contributed by atoms with Crippen molar-refractivity contribution in [3.63, 3.8) is 0 Å². The van der Waals surface area contributed by atoms with Crippen LogP contribution in [-0.2, 0) is 4.79 Å². The number of anilines is 1. The van der Waals surface area contributed by atoms with Gasteiger partial charge in [-0.15, -0.1) is 0 Å². The Morgan fingerprint density at radius 3 is 2.65 bits per heavy atom. The van der Waals surface area contributed by atoms with Crippen LogP contribution in [0.25, 0.3) is 0 Å². The minimum atomic E-state index is -0.930. The van der Waals surface area contributed by atoms with E-state index in [1.54, 1.807) is 19.1 Å². The highest BCUT2D eigenvalue weighted by Crippen LogP contribution is 2.20. The number of aromatic nitrogens is 1. The molecule has 0 aliphatic heterocycles. The molecule has 1 heterocycles. The van der Waals surface area contributed by atoms with Crippen LogP contribution in [-0.4, -0.2) is 23.0 Å². The first-order chi connectivity index (χ1) is 7.90. The lowest BCUT2D eigenvalue weighted by Gasteiger charge is -2.14. The number of nitrogen functional groups attached to an aromatic ring is 1. The maximum atomic E-state index is 11.3. The molecule has 1 rings (SSSR count). The van der Waals surface area contributed by atoms with Crippen molar-refractivity contribution in [3.8, 4) is 5.75 Å². The molecule has 0 aromatic carbocycles. The summed E-state index contributed by atoms with van der Waals surface area (Å²) in [5.41, 5.74) is 11.2. The van der Waals surface area contributed by atoms with Crippen molar-refractivity contribution in [1.82, 2.24) is 10.3 Å². The number of imide groups is 1. The fourth-order valence-corrected chi connectivity index (χ4v) is 1.13. The van der Waals surface area contributed by atoms with Crippen molar-refractivity contribution in [3.05, 3.63) is 17.8 Å². The van der Waals surface area contributed by atoms with Crippen LogP contribution in [0.2, 0.25) is 0 Å². The largest absolute Gasteiger partial charge is 0.477 e. The molecule has 1 atom stereocenters. The highest BCUT2D eigenvalue weighted by Gasteiger charge is 2.17. The molecule has 17 heavy (non-hydrogen) atoms. The number of pyridine rings is 1. The Morgan fingerprint density at radius 1 is 1.47 bits per heavy atom. The van der Waals surface area contributed by atoms with E-state index >= 15 is 0 Å². The number of nitrogens with two attached hydrogens (primary N) is 2. The monoisotopic (exact) mass is 238 g/mol. The quantitative estimate of drug-likeness (QED) is 0.681. The first-order valence-corrected chi connectivity index (χ1v) is 4.90. The number of hydrogen-bond acceptors (Lipinski definition) is 5. The maximum absolute atomic E-state index is 11.3. The van der Waals surface area contributed by atoms with Gasteiger partial charge in [-0.3, -0.25) is 10.1 Å². The summed E-state index contributed by atoms with van der Waals surface area (Å²) in [7, 11) is 0. The van der Waals surface area contributed by atoms with Crippen LogP contribution in [0.1, 0.15) is 12.6 Å². The van der Waals surface area contributed by atoms with Crippen molar-refractivity contribution in [2.45, 2.75) is 20.0 Å². The highest BCUT2D eigenvalue weighted by molar-refractivity contribution is 5.95. The van der Waals surface area contributed by atoms with E-state index in [2.05, 4.69) is 4.98 Å². The Kier molecular flexibility index (Phi) is 3.86. The molecule has 7 nitrogen and oxygen atoms in total. The predicted molar refractivity (Wildman–Crippen MR) is 61.2 cm³/mol. The smallest absolute Gasteiger partial charge is 0.318 e. The van der Waals surface area contributed by atoms with E-state index in [0.29, 0.717) is 0 Å². The summed E-state index contributed by atoms with van der Waals surface area (Å²) in [5.74, 6) is -0.177. The summed E-state index contributed by atoms with van der Waals surface area (Å²) in [6.45, 7) is 3.25. The first kappa shape index (κ1) is 12.8. The van der Waals surface area contributed by atoms with Gasteiger partial charge in [0, 0.05) is 5.69 Å². The molecular formula is C10H14N4O3. The maximum Gasteiger partial charge on any atom is 0.318 e. The van der Waals surface area contributed by atoms with Crippen molar-refractivity contribution >= 4 is 17.8 Å². The average Bonchev–Trinajstić information content (AvgIpc) is 2.21. The molecule has 0 aliphatic carbocycles. The van der Waals surface area contributed by atoms with E-state index in [-0.39, 0.29) is 11.6 Å². The third kappa shape index (κ3) is 3.63. The van der Waals surface area contributed by atoms with Crippen LogP contribution in [0.5, 0.6) is 5.75 Å². The molecule has 1 aromatic rings. The average molecular weight is 238 g/mol. The van der Waals surface area contributed by atoms with Gasteiger partial charge in [0.15, 0.2) is 17.7 Å². The second-order valence-electron chi connectivity index (χ2n) is 3.45. The van der Waals surface area contributed by atoms with Crippen LogP contribution >= 0.6 is 0 Å². The summed E-state index contributed by atoms with van der Waals surface area (Å²) in [5, 5.41) is 1.91. The molecule has 0 saturated heterocycles. The Balaban J connectivity index is 2.70. The van der Waals surface area contributed by atoms with E-state index in [1.165, 1.54) is 6.92 Å². The molecule has 0 aliphatic rings. The Morgan fingerprint density at radius 2 is 2.12 bits per heavy atom. The zero-order chi connectivity index (χ0) is 13.0. The number of primary amides is 1. The summed E-state index contributed by atoms with van der Waals surface area (Å²) in [6, 6.07) is 2.37. The van der Waals surface area contributed by atoms with Gasteiger partial charge in [-0.05, 0) is 26.0 Å². The van der Waals surface area contributed by atoms with Gasteiger partial charge < -0.3 is 16.2 Å². The number of hydrogen-bond donors (Lipinski definition) is 3. The fraction of sp³-hybridized carbons (Fsp3) is 0.300. The Bertz CT molecular complexity index is 447. The van der Waals surface area contributed by atoms with Crippen LogP contribution in [0, 0.1) is 6.92 Å². The zero-order valence-electron chi connectivity index (χ0n) is 9.56. The Hall–Kier alpha value is -2.31. The molecule has 0 spiro atoms. The molecule has 3 amide bonds. The van der Waals surface area contributed by atoms with Gasteiger partial charge in [-0.1, -0.05) is 0 Å². The number of aryl methyl sites for hydroxylation is 1. The third-order valence-corrected chi connectivity index (χ3v) is 1.94. The summed E-state index contributed by atoms with van der Waals surface area (Å²) < 4.78 is 5.26. The van der Waals surface area contributed by atoms with Crippen LogP contribution in [0.4, 0.5) is 10.6 Å². The first-order valence-electron chi connectivity index (χ1n) is 4.90. The number of rotatable bonds is 3. The summed E-state index contributed by atoms with van der Waals surface area (Å²) in [4.78, 5) is 25.8. The summed E-state index contributed by atoms with van der Waals surface area (Å²) >= 11 is 0. The van der Waals surface area contributed by atoms with Crippen LogP contribution in [0.15, 0.2) is 12.1 Å². The van der Waals surface area contributed by atoms with Gasteiger partial charge in [-0.2, -0.15) is 0 Å². The fourth-order valence-electron chi connectivity index (χ4n) is 1.13. The predicted octanol–water partition coefficient (Wildman–Crippen LogP) is -0.0656. The molecule has 0 radical (unpaired) electrons. The normalized spacial score (nSPS) is 11.6. The van der Waals surface area contributed by atoms with Gasteiger partial charge in [0.25, 0.3) is 5.91 Å². The second kappa shape index (κ2) is 5.15. The number of urea groups is 1. The zero-order valence-corrected chi connectivity index (χ0v) is 9.56. The SMILES string of the molecule is Cc1ccc(OC(C)C(=O)NC(N)=O)c(N)n1. The molecule has 0 saturated carbocycles. The van der Waals surface area contributed by atoms with Crippen LogP contribution in [0.3, 0.4) is 0 Å². The second-order valence-corrected chi connectivity index (χ2v) is 3.45. The topological polar surface area (TPSA) is 120 Å². The third-order valence-electron chi connectivity index (χ3n) is 1.94. The number of ether oxygens (including phenoxy) is 1. The van der Waals surface area contributed by atoms with Gasteiger partial charge in [0.05, 0.1) is 0 Å². The molecule has 5 N–H and O–H groups in total. The van der Waals surface area contributed by atoms with Crippen molar-refractivity contribution in [2.75, 3.05) is 5.73 Å². The lowest BCUT2D eigenvalue weighted by Crippen LogP contribution is -2.42. The van der Waals surface area contributed by atoms with Gasteiger partial charge >= 0.3 is 6.03 Å². The van der Waals surface area contributed by atoms with Gasteiger partial charge in [-0.25, -0.2) is 9.78 Å². The Labute approximate surface area is 98.1 Å². The molecule has 0 fully saturated rings. The number of amides is 3. The van der Waals surface area contributed by atoms with E-state index < -0.39 is 18.0 Å². The van der Waals surface area contributed by atoms with Crippen LogP contribution < -0.4 is 21.5 Å². The number of nitrogens with one attached hydrogen (secondary N) is 1. The standard InChI is InChI=1S/C10H14N4O3/c1-5-3-4-7(8(11)13-5)17-6(2)9(15)14-10(12)16/h3-4,6H,1-2H3,(H2,11,13)(H3,12,14,15,16). The van der Waals surface area contributed by atoms with Gasteiger partial charge in [0.2, 0.25) is 0 Å². The van der Waals surface area contributed by atoms with Crippen molar-refractivity contribution < 1.29 is 14.3 Å². The minimum absolute atomic E-state index is 0.184. The lowest BCUT2D eigenvalue weighted by atomic mass is 10.3. The number of carbonyl (C=O) groups is 2. The van der Waals surface area contributed by atoms with E-state index in [9.17, 15) is 9.59 Å². The molecule has 0 bridgehead atoms. The van der Waals surface area contributed by atoms with Gasteiger partial charge in [0.1, 0.15) is 0 Å². The van der Waals surface area contributed by atoms with E-state index in [0.717, 1.165) is 5.69 Å². The molecule has 92 valence electrons. The van der Waals surface area contributed by atoms with Crippen molar-refractivity contribution in [2.24, 2.45) is 5.73 Å². The minimum Gasteiger partial charge on any atom is -0.477 e. The number of nitrogens with zero attached hydrogens (tertiary/aromatic N) is 1. The number of carbonyl (C=O) groups excluding carboxylic acids is 2. The van der Waals surface area contributed by atoms with Crippen molar-refractivity contribution in [1.29, 1.82) is 0 Å². The molecule has 7 heteroatoms. The lowest BCUT2D eigenvalue weighted by molar-refractivity contribution is -0.126. The van der Waals surface area contributed by atoms with E-state index in [4.69, 9.17) is 16.2 Å². The molecule has 1 unspecified atom stereocenters. The molecular weight excluding hydrogens is 224 g/mol. The summed E-state index contributed by atoms with van der Waals surface area (Å²) in [6.07, 6.45) is -0.894. The van der Waals surface area contributed by atoms with E-state index in [1.807, 2.05) is 5.32 Å². The highest BCUT2D eigenvalue weighted by atomic mass is 16.5.